The lowest BCUT2D eigenvalue weighted by molar-refractivity contribution is 0.0438. The molecule has 0 aliphatic carbocycles. The van der Waals surface area contributed by atoms with E-state index >= 15 is 0 Å². The Balaban J connectivity index is 1.24. The predicted octanol–water partition coefficient (Wildman–Crippen LogP) is 3.20. The van der Waals surface area contributed by atoms with Crippen molar-refractivity contribution < 1.29 is 14.3 Å². The van der Waals surface area contributed by atoms with Crippen LogP contribution in [-0.2, 0) is 17.7 Å². The van der Waals surface area contributed by atoms with Gasteiger partial charge in [0.05, 0.1) is 12.7 Å². The number of carbonyl (C=O) groups is 1. The smallest absolute Gasteiger partial charge is 0.320 e. The van der Waals surface area contributed by atoms with E-state index in [4.69, 9.17) is 9.47 Å². The van der Waals surface area contributed by atoms with Gasteiger partial charge in [0.15, 0.2) is 5.06 Å². The largest absolute Gasteiger partial charge is 0.484 e. The summed E-state index contributed by atoms with van der Waals surface area (Å²) in [7, 11) is 1.76. The van der Waals surface area contributed by atoms with Gasteiger partial charge in [0, 0.05) is 44.7 Å². The van der Waals surface area contributed by atoms with E-state index < -0.39 is 0 Å². The second-order valence-corrected chi connectivity index (χ2v) is 9.24. The third-order valence-electron chi connectivity index (χ3n) is 6.22. The van der Waals surface area contributed by atoms with Crippen LogP contribution in [0.1, 0.15) is 42.5 Å². The Morgan fingerprint density at radius 1 is 1.14 bits per heavy atom. The Bertz CT molecular complexity index is 651. The molecule has 2 fully saturated rings. The first-order valence-electron chi connectivity index (χ1n) is 10.8. The summed E-state index contributed by atoms with van der Waals surface area (Å²) in [6.07, 6.45) is 6.90. The molecule has 2 saturated heterocycles. The number of carbonyl (C=O) groups excluding carboxylic acids is 1. The minimum atomic E-state index is 0.180. The number of hydrogen-bond acceptors (Lipinski definition) is 5. The number of thiophene rings is 1. The first kappa shape index (κ1) is 20.0. The first-order chi connectivity index (χ1) is 13.7. The molecule has 0 saturated carbocycles. The molecule has 3 aliphatic heterocycles. The Kier molecular flexibility index (Phi) is 6.75. The van der Waals surface area contributed by atoms with Gasteiger partial charge in [-0.25, -0.2) is 4.79 Å². The first-order valence-corrected chi connectivity index (χ1v) is 11.6. The molecule has 6 nitrogen and oxygen atoms in total. The van der Waals surface area contributed by atoms with Crippen molar-refractivity contribution >= 4 is 17.4 Å². The number of rotatable bonds is 6. The van der Waals surface area contributed by atoms with E-state index in [0.29, 0.717) is 12.6 Å². The average molecular weight is 408 g/mol. The Hall–Kier alpha value is -1.31. The molecule has 4 heterocycles. The van der Waals surface area contributed by atoms with Crippen molar-refractivity contribution in [2.75, 3.05) is 53.0 Å². The summed E-state index contributed by atoms with van der Waals surface area (Å²) < 4.78 is 11.4. The number of fused-ring (bicyclic) bond motifs is 1. The topological polar surface area (TPSA) is 45.3 Å². The highest BCUT2D eigenvalue weighted by molar-refractivity contribution is 7.14. The van der Waals surface area contributed by atoms with Crippen molar-refractivity contribution in [2.45, 2.75) is 51.2 Å². The molecule has 1 aromatic heterocycles. The fourth-order valence-corrected chi connectivity index (χ4v) is 5.52. The molecule has 1 aromatic rings. The van der Waals surface area contributed by atoms with Crippen LogP contribution in [0.4, 0.5) is 4.79 Å². The van der Waals surface area contributed by atoms with Crippen LogP contribution >= 0.6 is 11.3 Å². The van der Waals surface area contributed by atoms with Crippen LogP contribution in [-0.4, -0.2) is 79.8 Å². The van der Waals surface area contributed by atoms with Gasteiger partial charge in [0.25, 0.3) is 0 Å². The number of nitrogens with zero attached hydrogens (tertiary/aromatic N) is 3. The summed E-state index contributed by atoms with van der Waals surface area (Å²) in [6.45, 7) is 7.56. The van der Waals surface area contributed by atoms with Crippen LogP contribution < -0.4 is 4.74 Å². The summed E-state index contributed by atoms with van der Waals surface area (Å²) in [5.41, 5.74) is 1.27. The third-order valence-corrected chi connectivity index (χ3v) is 7.37. The summed E-state index contributed by atoms with van der Waals surface area (Å²) in [4.78, 5) is 20.8. The van der Waals surface area contributed by atoms with Crippen LogP contribution in [0.25, 0.3) is 0 Å². The number of ether oxygens (including phenoxy) is 2. The van der Waals surface area contributed by atoms with Crippen LogP contribution in [0.15, 0.2) is 6.07 Å². The summed E-state index contributed by atoms with van der Waals surface area (Å²) >= 11 is 1.77. The minimum Gasteiger partial charge on any atom is -0.484 e. The molecule has 0 spiro atoms. The molecule has 156 valence electrons. The van der Waals surface area contributed by atoms with Gasteiger partial charge in [-0.1, -0.05) is 0 Å². The molecule has 0 atom stereocenters. The second-order valence-electron chi connectivity index (χ2n) is 8.14. The van der Waals surface area contributed by atoms with Crippen molar-refractivity contribution in [1.82, 2.24) is 14.7 Å². The fraction of sp³-hybridized carbons (Fsp3) is 0.762. The summed E-state index contributed by atoms with van der Waals surface area (Å²) in [5.74, 6) is 0. The van der Waals surface area contributed by atoms with E-state index in [-0.39, 0.29) is 6.03 Å². The summed E-state index contributed by atoms with van der Waals surface area (Å²) in [6, 6.07) is 2.34. The lowest BCUT2D eigenvalue weighted by Gasteiger charge is -2.36. The normalized spacial score (nSPS) is 21.2. The van der Waals surface area contributed by atoms with Gasteiger partial charge in [0.1, 0.15) is 0 Å². The van der Waals surface area contributed by atoms with E-state index in [1.807, 2.05) is 9.80 Å². The fourth-order valence-electron chi connectivity index (χ4n) is 4.49. The molecule has 7 heteroatoms. The Morgan fingerprint density at radius 2 is 1.93 bits per heavy atom. The molecular formula is C21H33N3O3S. The number of piperidine rings is 1. The van der Waals surface area contributed by atoms with Crippen LogP contribution in [0.5, 0.6) is 5.06 Å². The van der Waals surface area contributed by atoms with Gasteiger partial charge < -0.3 is 24.2 Å². The van der Waals surface area contributed by atoms with Crippen molar-refractivity contribution in [3.8, 4) is 5.06 Å². The lowest BCUT2D eigenvalue weighted by atomic mass is 10.1. The molecular weight excluding hydrogens is 374 g/mol. The molecule has 0 unspecified atom stereocenters. The predicted molar refractivity (Wildman–Crippen MR) is 111 cm³/mol. The quantitative estimate of drug-likeness (QED) is 0.680. The molecule has 3 aliphatic rings. The standard InChI is InChI=1S/C21H33N3O3S/c1-26-18-5-11-23(12-6-18)21(25)24-13-7-19-17(16-24)15-20(28-19)27-14-4-10-22-8-2-3-9-22/h15,18H,2-14,16H2,1H3. The lowest BCUT2D eigenvalue weighted by Crippen LogP contribution is -2.48. The number of amides is 2. The van der Waals surface area contributed by atoms with Gasteiger partial charge in [-0.3, -0.25) is 0 Å². The van der Waals surface area contributed by atoms with Gasteiger partial charge in [-0.05, 0) is 63.2 Å². The molecule has 0 bridgehead atoms. The zero-order valence-corrected chi connectivity index (χ0v) is 17.8. The highest BCUT2D eigenvalue weighted by atomic mass is 32.1. The van der Waals surface area contributed by atoms with Gasteiger partial charge in [-0.15, -0.1) is 11.3 Å². The average Bonchev–Trinajstić information content (AvgIpc) is 3.39. The summed E-state index contributed by atoms with van der Waals surface area (Å²) in [5, 5.41) is 1.02. The molecule has 4 rings (SSSR count). The number of likely N-dealkylation sites (tertiary alicyclic amines) is 2. The molecule has 28 heavy (non-hydrogen) atoms. The van der Waals surface area contributed by atoms with E-state index in [1.54, 1.807) is 18.4 Å². The number of methoxy groups -OCH3 is 1. The highest BCUT2D eigenvalue weighted by Gasteiger charge is 2.29. The third kappa shape index (κ3) is 4.81. The van der Waals surface area contributed by atoms with Crippen LogP contribution in [0, 0.1) is 0 Å². The Morgan fingerprint density at radius 3 is 2.68 bits per heavy atom. The van der Waals surface area contributed by atoms with Crippen molar-refractivity contribution in [3.63, 3.8) is 0 Å². The van der Waals surface area contributed by atoms with Crippen molar-refractivity contribution in [3.05, 3.63) is 16.5 Å². The van der Waals surface area contributed by atoms with E-state index in [0.717, 1.165) is 63.5 Å². The minimum absolute atomic E-state index is 0.180. The maximum Gasteiger partial charge on any atom is 0.320 e. The van der Waals surface area contributed by atoms with Gasteiger partial charge in [0.2, 0.25) is 0 Å². The maximum atomic E-state index is 12.9. The van der Waals surface area contributed by atoms with E-state index in [2.05, 4.69) is 11.0 Å². The molecule has 0 aromatic carbocycles. The SMILES string of the molecule is COC1CCN(C(=O)N2CCc3sc(OCCCN4CCCC4)cc3C2)CC1. The van der Waals surface area contributed by atoms with E-state index in [9.17, 15) is 4.79 Å². The Labute approximate surface area is 172 Å². The zero-order valence-electron chi connectivity index (χ0n) is 17.0. The molecule has 0 N–H and O–H groups in total. The molecule has 2 amide bonds. The molecule has 0 radical (unpaired) electrons. The van der Waals surface area contributed by atoms with Crippen LogP contribution in [0.3, 0.4) is 0 Å². The zero-order chi connectivity index (χ0) is 19.3. The van der Waals surface area contributed by atoms with Gasteiger partial charge in [-0.2, -0.15) is 0 Å². The highest BCUT2D eigenvalue weighted by Crippen LogP contribution is 2.34. The maximum absolute atomic E-state index is 12.9. The van der Waals surface area contributed by atoms with Crippen molar-refractivity contribution in [2.24, 2.45) is 0 Å². The van der Waals surface area contributed by atoms with E-state index in [1.165, 1.54) is 36.4 Å². The number of urea groups is 1. The second kappa shape index (κ2) is 9.46. The van der Waals surface area contributed by atoms with Crippen molar-refractivity contribution in [1.29, 1.82) is 0 Å². The van der Waals surface area contributed by atoms with Crippen LogP contribution in [0.2, 0.25) is 0 Å². The van der Waals surface area contributed by atoms with Gasteiger partial charge >= 0.3 is 6.03 Å². The monoisotopic (exact) mass is 407 g/mol. The number of hydrogen-bond donors (Lipinski definition) is 0.